The molecular weight excluding hydrogens is 172 g/mol. The highest BCUT2D eigenvalue weighted by Gasteiger charge is 2.19. The number of ether oxygens (including phenoxy) is 3. The van der Waals surface area contributed by atoms with E-state index in [-0.39, 0.29) is 18.2 Å². The Bertz CT molecular complexity index is 143. The molecule has 1 unspecified atom stereocenters. The van der Waals surface area contributed by atoms with Gasteiger partial charge in [-0.25, -0.2) is 0 Å². The molecule has 0 fully saturated rings. The Balaban J connectivity index is 3.82. The molecule has 0 N–H and O–H groups in total. The molecule has 0 radical (unpaired) electrons. The molecule has 0 saturated carbocycles. The molecule has 0 rings (SSSR count). The number of hydrogen-bond acceptors (Lipinski definition) is 4. The van der Waals surface area contributed by atoms with Gasteiger partial charge in [0, 0.05) is 20.6 Å². The molecule has 4 heteroatoms. The molecule has 0 heterocycles. The van der Waals surface area contributed by atoms with Gasteiger partial charge in [-0.3, -0.25) is 4.79 Å². The van der Waals surface area contributed by atoms with Crippen LogP contribution in [0, 0.1) is 5.92 Å². The number of methoxy groups -OCH3 is 2. The standard InChI is InChI=1S/C9H18O4/c1-5-13-9(10)7(2)6-8(11-3)12-4/h7-8H,5-6H2,1-4H3. The number of carbonyl (C=O) groups excluding carboxylic acids is 1. The lowest BCUT2D eigenvalue weighted by Crippen LogP contribution is -2.23. The summed E-state index contributed by atoms with van der Waals surface area (Å²) >= 11 is 0. The van der Waals surface area contributed by atoms with Crippen molar-refractivity contribution < 1.29 is 19.0 Å². The first-order valence-corrected chi connectivity index (χ1v) is 4.37. The summed E-state index contributed by atoms with van der Waals surface area (Å²) in [6.45, 7) is 3.99. The Morgan fingerprint density at radius 1 is 1.31 bits per heavy atom. The third-order valence-corrected chi connectivity index (χ3v) is 1.76. The molecule has 78 valence electrons. The number of rotatable bonds is 6. The molecule has 0 saturated heterocycles. The van der Waals surface area contributed by atoms with Crippen molar-refractivity contribution in [1.29, 1.82) is 0 Å². The average Bonchev–Trinajstić information content (AvgIpc) is 2.14. The predicted molar refractivity (Wildman–Crippen MR) is 48.2 cm³/mol. The molecule has 0 aromatic heterocycles. The van der Waals surface area contributed by atoms with Gasteiger partial charge in [-0.1, -0.05) is 6.92 Å². The minimum atomic E-state index is -0.334. The molecule has 0 aliphatic rings. The van der Waals surface area contributed by atoms with Gasteiger partial charge in [0.1, 0.15) is 0 Å². The second-order valence-corrected chi connectivity index (χ2v) is 2.79. The molecule has 0 aliphatic carbocycles. The van der Waals surface area contributed by atoms with Crippen molar-refractivity contribution in [2.24, 2.45) is 5.92 Å². The Morgan fingerprint density at radius 3 is 2.23 bits per heavy atom. The van der Waals surface area contributed by atoms with Crippen molar-refractivity contribution in [1.82, 2.24) is 0 Å². The molecular formula is C9H18O4. The molecule has 1 atom stereocenters. The van der Waals surface area contributed by atoms with Crippen LogP contribution >= 0.6 is 0 Å². The largest absolute Gasteiger partial charge is 0.466 e. The summed E-state index contributed by atoms with van der Waals surface area (Å²) in [5.74, 6) is -0.397. The van der Waals surface area contributed by atoms with E-state index in [0.29, 0.717) is 13.0 Å². The van der Waals surface area contributed by atoms with Crippen molar-refractivity contribution in [3.8, 4) is 0 Å². The Hall–Kier alpha value is -0.610. The minimum Gasteiger partial charge on any atom is -0.466 e. The van der Waals surface area contributed by atoms with Crippen LogP contribution < -0.4 is 0 Å². The first-order valence-electron chi connectivity index (χ1n) is 4.37. The molecule has 0 aliphatic heterocycles. The van der Waals surface area contributed by atoms with Gasteiger partial charge < -0.3 is 14.2 Å². The van der Waals surface area contributed by atoms with Crippen molar-refractivity contribution in [2.75, 3.05) is 20.8 Å². The van der Waals surface area contributed by atoms with Gasteiger partial charge in [0.15, 0.2) is 6.29 Å². The van der Waals surface area contributed by atoms with Gasteiger partial charge in [0.25, 0.3) is 0 Å². The van der Waals surface area contributed by atoms with Gasteiger partial charge in [-0.15, -0.1) is 0 Å². The first kappa shape index (κ1) is 12.4. The van der Waals surface area contributed by atoms with Gasteiger partial charge in [-0.2, -0.15) is 0 Å². The molecule has 0 spiro atoms. The van der Waals surface area contributed by atoms with Crippen molar-refractivity contribution in [3.05, 3.63) is 0 Å². The molecule has 0 bridgehead atoms. The van der Waals surface area contributed by atoms with E-state index in [0.717, 1.165) is 0 Å². The van der Waals surface area contributed by atoms with Crippen LogP contribution in [0.2, 0.25) is 0 Å². The molecule has 4 nitrogen and oxygen atoms in total. The molecule has 0 amide bonds. The van der Waals surface area contributed by atoms with Gasteiger partial charge in [-0.05, 0) is 6.92 Å². The fraction of sp³-hybridized carbons (Fsp3) is 0.889. The van der Waals surface area contributed by atoms with Crippen LogP contribution in [0.3, 0.4) is 0 Å². The van der Waals surface area contributed by atoms with Crippen LogP contribution in [0.5, 0.6) is 0 Å². The number of carbonyl (C=O) groups is 1. The zero-order valence-corrected chi connectivity index (χ0v) is 8.70. The quantitative estimate of drug-likeness (QED) is 0.466. The second-order valence-electron chi connectivity index (χ2n) is 2.79. The van der Waals surface area contributed by atoms with Crippen molar-refractivity contribution in [3.63, 3.8) is 0 Å². The first-order chi connectivity index (χ1) is 6.15. The lowest BCUT2D eigenvalue weighted by Gasteiger charge is -2.16. The van der Waals surface area contributed by atoms with Crippen LogP contribution in [0.4, 0.5) is 0 Å². The zero-order valence-electron chi connectivity index (χ0n) is 8.70. The van der Waals surface area contributed by atoms with E-state index in [4.69, 9.17) is 14.2 Å². The summed E-state index contributed by atoms with van der Waals surface area (Å²) in [4.78, 5) is 11.2. The molecule has 0 aromatic rings. The lowest BCUT2D eigenvalue weighted by atomic mass is 10.1. The number of hydrogen-bond donors (Lipinski definition) is 0. The summed E-state index contributed by atoms with van der Waals surface area (Å²) in [6.07, 6.45) is 0.186. The third kappa shape index (κ3) is 4.85. The van der Waals surface area contributed by atoms with Crippen LogP contribution in [0.15, 0.2) is 0 Å². The monoisotopic (exact) mass is 190 g/mol. The normalized spacial score (nSPS) is 13.0. The van der Waals surface area contributed by atoms with Crippen LogP contribution in [0.25, 0.3) is 0 Å². The highest BCUT2D eigenvalue weighted by atomic mass is 16.7. The van der Waals surface area contributed by atoms with E-state index < -0.39 is 0 Å². The smallest absolute Gasteiger partial charge is 0.308 e. The van der Waals surface area contributed by atoms with Crippen molar-refractivity contribution in [2.45, 2.75) is 26.6 Å². The highest BCUT2D eigenvalue weighted by Crippen LogP contribution is 2.10. The fourth-order valence-electron chi connectivity index (χ4n) is 0.958. The zero-order chi connectivity index (χ0) is 10.3. The van der Waals surface area contributed by atoms with Crippen LogP contribution in [-0.4, -0.2) is 33.1 Å². The van der Waals surface area contributed by atoms with Gasteiger partial charge in [0.05, 0.1) is 12.5 Å². The van der Waals surface area contributed by atoms with Crippen LogP contribution in [0.1, 0.15) is 20.3 Å². The number of esters is 1. The van der Waals surface area contributed by atoms with Crippen molar-refractivity contribution >= 4 is 5.97 Å². The summed E-state index contributed by atoms with van der Waals surface area (Å²) < 4.78 is 14.8. The van der Waals surface area contributed by atoms with E-state index >= 15 is 0 Å². The Morgan fingerprint density at radius 2 is 1.85 bits per heavy atom. The minimum absolute atomic E-state index is 0.190. The average molecular weight is 190 g/mol. The fourth-order valence-corrected chi connectivity index (χ4v) is 0.958. The van der Waals surface area contributed by atoms with E-state index in [1.807, 2.05) is 0 Å². The van der Waals surface area contributed by atoms with E-state index in [1.165, 1.54) is 0 Å². The highest BCUT2D eigenvalue weighted by molar-refractivity contribution is 5.71. The van der Waals surface area contributed by atoms with E-state index in [9.17, 15) is 4.79 Å². The summed E-state index contributed by atoms with van der Waals surface area (Å²) in [5, 5.41) is 0. The summed E-state index contributed by atoms with van der Waals surface area (Å²) in [6, 6.07) is 0. The predicted octanol–water partition coefficient (Wildman–Crippen LogP) is 1.19. The third-order valence-electron chi connectivity index (χ3n) is 1.76. The maximum atomic E-state index is 11.2. The Labute approximate surface area is 79.2 Å². The molecule has 13 heavy (non-hydrogen) atoms. The summed E-state index contributed by atoms with van der Waals surface area (Å²) in [5.41, 5.74) is 0. The van der Waals surface area contributed by atoms with Gasteiger partial charge in [0.2, 0.25) is 0 Å². The topological polar surface area (TPSA) is 44.8 Å². The lowest BCUT2D eigenvalue weighted by molar-refractivity contribution is -0.155. The molecule has 0 aromatic carbocycles. The van der Waals surface area contributed by atoms with E-state index in [1.54, 1.807) is 28.1 Å². The van der Waals surface area contributed by atoms with Gasteiger partial charge >= 0.3 is 5.97 Å². The SMILES string of the molecule is CCOC(=O)C(C)CC(OC)OC. The maximum absolute atomic E-state index is 11.2. The van der Waals surface area contributed by atoms with Crippen LogP contribution in [-0.2, 0) is 19.0 Å². The second kappa shape index (κ2) is 6.86. The summed E-state index contributed by atoms with van der Waals surface area (Å²) in [7, 11) is 3.10. The van der Waals surface area contributed by atoms with E-state index in [2.05, 4.69) is 0 Å². The Kier molecular flexibility index (Phi) is 6.54. The maximum Gasteiger partial charge on any atom is 0.308 e.